The topological polar surface area (TPSA) is 70.9 Å². The smallest absolute Gasteiger partial charge is 0.245 e. The molecule has 21 heavy (non-hydrogen) atoms. The van der Waals surface area contributed by atoms with Crippen LogP contribution >= 0.6 is 11.8 Å². The minimum atomic E-state index is -0.545. The molecule has 2 N–H and O–H groups in total. The van der Waals surface area contributed by atoms with Crippen LogP contribution in [0.5, 0.6) is 0 Å². The molecule has 0 saturated carbocycles. The highest BCUT2D eigenvalue weighted by Crippen LogP contribution is 2.23. The molecular weight excluding hydrogens is 288 g/mol. The number of benzene rings is 1. The summed E-state index contributed by atoms with van der Waals surface area (Å²) in [6.45, 7) is 0.714. The van der Waals surface area contributed by atoms with E-state index in [2.05, 4.69) is 10.3 Å². The largest absolute Gasteiger partial charge is 0.391 e. The second-order valence-corrected chi connectivity index (χ2v) is 5.82. The summed E-state index contributed by atoms with van der Waals surface area (Å²) in [5.74, 6) is 0.578. The molecule has 2 unspecified atom stereocenters. The fourth-order valence-electron chi connectivity index (χ4n) is 2.00. The molecule has 5 nitrogen and oxygen atoms in total. The molecule has 0 aliphatic carbocycles. The van der Waals surface area contributed by atoms with Gasteiger partial charge in [-0.1, -0.05) is 30.3 Å². The highest BCUT2D eigenvalue weighted by molar-refractivity contribution is 8.14. The predicted octanol–water partition coefficient (Wildman–Crippen LogP) is 1.06. The molecule has 1 aromatic carbocycles. The fourth-order valence-corrected chi connectivity index (χ4v) is 3.05. The zero-order valence-corrected chi connectivity index (χ0v) is 12.8. The summed E-state index contributed by atoms with van der Waals surface area (Å²) in [4.78, 5) is 16.5. The molecule has 1 aliphatic heterocycles. The summed E-state index contributed by atoms with van der Waals surface area (Å²) < 4.78 is 4.84. The van der Waals surface area contributed by atoms with Crippen molar-refractivity contribution >= 4 is 22.7 Å². The van der Waals surface area contributed by atoms with Gasteiger partial charge in [-0.25, -0.2) is 0 Å². The lowest BCUT2D eigenvalue weighted by Crippen LogP contribution is -2.36. The molecular formula is C15H20N2O3S. The molecule has 1 aromatic rings. The molecule has 1 amide bonds. The minimum absolute atomic E-state index is 0.0851. The van der Waals surface area contributed by atoms with E-state index in [0.29, 0.717) is 18.7 Å². The Morgan fingerprint density at radius 2 is 2.29 bits per heavy atom. The number of ether oxygens (including phenoxy) is 1. The molecule has 0 aromatic heterocycles. The van der Waals surface area contributed by atoms with Crippen LogP contribution in [0.2, 0.25) is 0 Å². The van der Waals surface area contributed by atoms with Crippen molar-refractivity contribution in [2.45, 2.75) is 18.6 Å². The summed E-state index contributed by atoms with van der Waals surface area (Å²) in [5, 5.41) is 13.2. The summed E-state index contributed by atoms with van der Waals surface area (Å²) in [6, 6.07) is 9.52. The zero-order chi connectivity index (χ0) is 15.1. The molecule has 0 saturated heterocycles. The number of aliphatic hydroxyl groups is 1. The first kappa shape index (κ1) is 16.0. The average molecular weight is 308 g/mol. The number of aliphatic hydroxyl groups excluding tert-OH is 1. The van der Waals surface area contributed by atoms with Crippen LogP contribution in [0.25, 0.3) is 0 Å². The van der Waals surface area contributed by atoms with Gasteiger partial charge in [-0.3, -0.25) is 9.79 Å². The zero-order valence-electron chi connectivity index (χ0n) is 12.0. The monoisotopic (exact) mass is 308 g/mol. The van der Waals surface area contributed by atoms with E-state index < -0.39 is 6.10 Å². The second kappa shape index (κ2) is 8.17. The standard InChI is InChI=1S/C15H20N2O3S/c1-20-9-12(18)7-8-16-14(19)13-10-21-15(17-13)11-5-3-2-4-6-11/h2-6,12-13,18H,7-10H2,1H3,(H,16,19). The van der Waals surface area contributed by atoms with Gasteiger partial charge in [0.15, 0.2) is 0 Å². The maximum absolute atomic E-state index is 12.0. The molecule has 114 valence electrons. The molecule has 1 aliphatic rings. The number of thioether (sulfide) groups is 1. The summed E-state index contributed by atoms with van der Waals surface area (Å²) in [7, 11) is 1.54. The Balaban J connectivity index is 1.80. The SMILES string of the molecule is COCC(O)CCNC(=O)C1CSC(c2ccccc2)=N1. The van der Waals surface area contributed by atoms with Crippen molar-refractivity contribution in [3.8, 4) is 0 Å². The van der Waals surface area contributed by atoms with Crippen LogP contribution in [0.1, 0.15) is 12.0 Å². The maximum Gasteiger partial charge on any atom is 0.245 e. The van der Waals surface area contributed by atoms with Crippen molar-refractivity contribution in [2.24, 2.45) is 4.99 Å². The van der Waals surface area contributed by atoms with Crippen LogP contribution in [-0.2, 0) is 9.53 Å². The van der Waals surface area contributed by atoms with Gasteiger partial charge in [-0.2, -0.15) is 0 Å². The number of nitrogens with zero attached hydrogens (tertiary/aromatic N) is 1. The van der Waals surface area contributed by atoms with Crippen LogP contribution in [0.3, 0.4) is 0 Å². The Morgan fingerprint density at radius 1 is 1.52 bits per heavy atom. The van der Waals surface area contributed by atoms with E-state index in [1.165, 1.54) is 7.11 Å². The van der Waals surface area contributed by atoms with E-state index >= 15 is 0 Å². The molecule has 2 atom stereocenters. The third-order valence-electron chi connectivity index (χ3n) is 3.11. The lowest BCUT2D eigenvalue weighted by atomic mass is 10.2. The molecule has 2 rings (SSSR count). The molecule has 6 heteroatoms. The van der Waals surface area contributed by atoms with Gasteiger partial charge in [-0.05, 0) is 6.42 Å². The predicted molar refractivity (Wildman–Crippen MR) is 84.7 cm³/mol. The van der Waals surface area contributed by atoms with Crippen LogP contribution in [0, 0.1) is 0 Å². The molecule has 1 heterocycles. The second-order valence-electron chi connectivity index (χ2n) is 4.82. The lowest BCUT2D eigenvalue weighted by Gasteiger charge is -2.11. The Morgan fingerprint density at radius 3 is 3.00 bits per heavy atom. The Bertz CT molecular complexity index is 493. The molecule has 0 bridgehead atoms. The van der Waals surface area contributed by atoms with Crippen LogP contribution < -0.4 is 5.32 Å². The molecule has 0 fully saturated rings. The van der Waals surface area contributed by atoms with Gasteiger partial charge in [0.2, 0.25) is 5.91 Å². The summed E-state index contributed by atoms with van der Waals surface area (Å²) in [5.41, 5.74) is 1.05. The van der Waals surface area contributed by atoms with Gasteiger partial charge in [0.1, 0.15) is 6.04 Å². The fraction of sp³-hybridized carbons (Fsp3) is 0.467. The summed E-state index contributed by atoms with van der Waals surface area (Å²) in [6.07, 6.45) is -0.0639. The number of methoxy groups -OCH3 is 1. The molecule has 0 spiro atoms. The van der Waals surface area contributed by atoms with Crippen LogP contribution in [0.15, 0.2) is 35.3 Å². The van der Waals surface area contributed by atoms with E-state index in [1.807, 2.05) is 30.3 Å². The van der Waals surface area contributed by atoms with Crippen molar-refractivity contribution in [1.82, 2.24) is 5.32 Å². The van der Waals surface area contributed by atoms with Crippen LogP contribution in [0.4, 0.5) is 0 Å². The van der Waals surface area contributed by atoms with Gasteiger partial charge in [-0.15, -0.1) is 11.8 Å². The number of rotatable bonds is 7. The van der Waals surface area contributed by atoms with Crippen molar-refractivity contribution in [2.75, 3.05) is 26.0 Å². The normalized spacial score (nSPS) is 19.1. The Hall–Kier alpha value is -1.37. The van der Waals surface area contributed by atoms with E-state index in [4.69, 9.17) is 4.74 Å². The number of nitrogens with one attached hydrogen (secondary N) is 1. The number of hydrogen-bond donors (Lipinski definition) is 2. The highest BCUT2D eigenvalue weighted by atomic mass is 32.2. The number of amides is 1. The van der Waals surface area contributed by atoms with Crippen molar-refractivity contribution < 1.29 is 14.6 Å². The summed E-state index contributed by atoms with van der Waals surface area (Å²) >= 11 is 1.60. The van der Waals surface area contributed by atoms with E-state index in [9.17, 15) is 9.90 Å². The average Bonchev–Trinajstić information content (AvgIpc) is 2.98. The first-order chi connectivity index (χ1) is 10.2. The van der Waals surface area contributed by atoms with Crippen molar-refractivity contribution in [1.29, 1.82) is 0 Å². The van der Waals surface area contributed by atoms with E-state index in [-0.39, 0.29) is 18.6 Å². The minimum Gasteiger partial charge on any atom is -0.391 e. The first-order valence-corrected chi connectivity index (χ1v) is 7.90. The van der Waals surface area contributed by atoms with Crippen molar-refractivity contribution in [3.63, 3.8) is 0 Å². The molecule has 0 radical (unpaired) electrons. The lowest BCUT2D eigenvalue weighted by molar-refractivity contribution is -0.121. The quantitative estimate of drug-likeness (QED) is 0.790. The van der Waals surface area contributed by atoms with Gasteiger partial charge in [0.05, 0.1) is 17.8 Å². The Labute approximate surface area is 128 Å². The van der Waals surface area contributed by atoms with Gasteiger partial charge in [0.25, 0.3) is 0 Å². The number of hydrogen-bond acceptors (Lipinski definition) is 5. The highest BCUT2D eigenvalue weighted by Gasteiger charge is 2.25. The van der Waals surface area contributed by atoms with E-state index in [1.54, 1.807) is 11.8 Å². The van der Waals surface area contributed by atoms with Crippen LogP contribution in [-0.4, -0.2) is 54.2 Å². The number of aliphatic imine (C=N–C) groups is 1. The maximum atomic E-state index is 12.0. The van der Waals surface area contributed by atoms with Gasteiger partial charge < -0.3 is 15.2 Å². The number of carbonyl (C=O) groups is 1. The van der Waals surface area contributed by atoms with Gasteiger partial charge in [0, 0.05) is 25.0 Å². The third-order valence-corrected chi connectivity index (χ3v) is 4.21. The first-order valence-electron chi connectivity index (χ1n) is 6.91. The Kier molecular flexibility index (Phi) is 6.22. The van der Waals surface area contributed by atoms with Crippen molar-refractivity contribution in [3.05, 3.63) is 35.9 Å². The third kappa shape index (κ3) is 4.84. The number of carbonyl (C=O) groups excluding carboxylic acids is 1. The van der Waals surface area contributed by atoms with Gasteiger partial charge >= 0.3 is 0 Å². The van der Waals surface area contributed by atoms with E-state index in [0.717, 1.165) is 10.6 Å².